The molecule has 1 aromatic heterocycles. The van der Waals surface area contributed by atoms with Gasteiger partial charge in [-0.25, -0.2) is 0 Å². The predicted octanol–water partition coefficient (Wildman–Crippen LogP) is 2.99. The van der Waals surface area contributed by atoms with Crippen LogP contribution < -0.4 is 10.5 Å². The Morgan fingerprint density at radius 2 is 2.00 bits per heavy atom. The zero-order chi connectivity index (χ0) is 13.0. The number of pyridine rings is 1. The van der Waals surface area contributed by atoms with Crippen molar-refractivity contribution in [3.05, 3.63) is 48.3 Å². The van der Waals surface area contributed by atoms with E-state index in [4.69, 9.17) is 10.5 Å². The fraction of sp³-hybridized carbons (Fsp3) is 0.267. The molecule has 0 bridgehead atoms. The van der Waals surface area contributed by atoms with E-state index in [1.807, 2.05) is 38.2 Å². The molecule has 0 aliphatic rings. The zero-order valence-corrected chi connectivity index (χ0v) is 10.8. The molecule has 18 heavy (non-hydrogen) atoms. The van der Waals surface area contributed by atoms with Gasteiger partial charge in [0.05, 0.1) is 12.3 Å². The smallest absolute Gasteiger partial charge is 0.138 e. The van der Waals surface area contributed by atoms with E-state index in [0.717, 1.165) is 22.4 Å². The van der Waals surface area contributed by atoms with Crippen LogP contribution in [0.2, 0.25) is 0 Å². The number of rotatable bonds is 4. The number of hydrogen-bond acceptors (Lipinski definition) is 3. The zero-order valence-electron chi connectivity index (χ0n) is 10.8. The first kappa shape index (κ1) is 12.6. The molecule has 0 atom stereocenters. The Labute approximate surface area is 108 Å². The summed E-state index contributed by atoms with van der Waals surface area (Å²) in [7, 11) is 0. The van der Waals surface area contributed by atoms with Crippen molar-refractivity contribution in [2.75, 3.05) is 0 Å². The molecule has 94 valence electrons. The second kappa shape index (κ2) is 5.65. The molecule has 0 aliphatic carbocycles. The van der Waals surface area contributed by atoms with Crippen molar-refractivity contribution in [1.29, 1.82) is 0 Å². The van der Waals surface area contributed by atoms with Crippen LogP contribution in [0.3, 0.4) is 0 Å². The first-order valence-electron chi connectivity index (χ1n) is 6.10. The van der Waals surface area contributed by atoms with Gasteiger partial charge in [-0.15, -0.1) is 0 Å². The number of nitrogens with two attached hydrogens (primary N) is 1. The maximum absolute atomic E-state index is 5.65. The highest BCUT2D eigenvalue weighted by atomic mass is 16.5. The minimum absolute atomic E-state index is 0.150. The fourth-order valence-electron chi connectivity index (χ4n) is 1.79. The van der Waals surface area contributed by atoms with E-state index in [-0.39, 0.29) is 6.10 Å². The van der Waals surface area contributed by atoms with E-state index in [1.165, 1.54) is 0 Å². The Kier molecular flexibility index (Phi) is 3.95. The standard InChI is InChI=1S/C15H18N2O/c1-11(2)18-15-7-14(9-17-10-15)13-5-3-4-12(6-13)8-16/h3-7,9-11H,8,16H2,1-2H3. The summed E-state index contributed by atoms with van der Waals surface area (Å²) in [5.74, 6) is 0.792. The maximum atomic E-state index is 5.65. The van der Waals surface area contributed by atoms with Crippen molar-refractivity contribution in [3.8, 4) is 16.9 Å². The lowest BCUT2D eigenvalue weighted by atomic mass is 10.0. The quantitative estimate of drug-likeness (QED) is 0.896. The van der Waals surface area contributed by atoms with Crippen LogP contribution in [0.15, 0.2) is 42.7 Å². The average Bonchev–Trinajstić information content (AvgIpc) is 2.38. The summed E-state index contributed by atoms with van der Waals surface area (Å²) in [4.78, 5) is 4.21. The summed E-state index contributed by atoms with van der Waals surface area (Å²) in [6, 6.07) is 10.2. The van der Waals surface area contributed by atoms with Crippen LogP contribution in [-0.4, -0.2) is 11.1 Å². The molecular weight excluding hydrogens is 224 g/mol. The van der Waals surface area contributed by atoms with Gasteiger partial charge >= 0.3 is 0 Å². The first-order valence-corrected chi connectivity index (χ1v) is 6.10. The van der Waals surface area contributed by atoms with Gasteiger partial charge in [0.1, 0.15) is 5.75 Å². The summed E-state index contributed by atoms with van der Waals surface area (Å²) in [6.45, 7) is 4.55. The molecule has 3 nitrogen and oxygen atoms in total. The van der Waals surface area contributed by atoms with E-state index in [9.17, 15) is 0 Å². The van der Waals surface area contributed by atoms with Gasteiger partial charge in [0.25, 0.3) is 0 Å². The maximum Gasteiger partial charge on any atom is 0.138 e. The Bertz CT molecular complexity index is 523. The number of nitrogens with zero attached hydrogens (tertiary/aromatic N) is 1. The van der Waals surface area contributed by atoms with Gasteiger partial charge in [-0.2, -0.15) is 0 Å². The minimum Gasteiger partial charge on any atom is -0.489 e. The Morgan fingerprint density at radius 1 is 1.17 bits per heavy atom. The summed E-state index contributed by atoms with van der Waals surface area (Å²) in [5, 5.41) is 0. The molecule has 0 aliphatic heterocycles. The number of hydrogen-bond donors (Lipinski definition) is 1. The van der Waals surface area contributed by atoms with E-state index in [1.54, 1.807) is 6.20 Å². The van der Waals surface area contributed by atoms with Crippen LogP contribution in [0.1, 0.15) is 19.4 Å². The average molecular weight is 242 g/mol. The normalized spacial score (nSPS) is 10.7. The molecule has 1 heterocycles. The molecule has 2 aromatic rings. The molecule has 2 N–H and O–H groups in total. The minimum atomic E-state index is 0.150. The molecule has 3 heteroatoms. The fourth-order valence-corrected chi connectivity index (χ4v) is 1.79. The third kappa shape index (κ3) is 3.08. The molecule has 2 rings (SSSR count). The molecule has 0 saturated carbocycles. The third-order valence-electron chi connectivity index (χ3n) is 2.58. The summed E-state index contributed by atoms with van der Waals surface area (Å²) in [5.41, 5.74) is 8.92. The number of aromatic nitrogens is 1. The second-order valence-corrected chi connectivity index (χ2v) is 4.48. The van der Waals surface area contributed by atoms with Crippen LogP contribution in [-0.2, 0) is 6.54 Å². The molecule has 0 fully saturated rings. The topological polar surface area (TPSA) is 48.1 Å². The van der Waals surface area contributed by atoms with Gasteiger partial charge in [-0.3, -0.25) is 4.98 Å². The van der Waals surface area contributed by atoms with E-state index >= 15 is 0 Å². The van der Waals surface area contributed by atoms with Crippen molar-refractivity contribution < 1.29 is 4.74 Å². The number of benzene rings is 1. The molecule has 0 spiro atoms. The summed E-state index contributed by atoms with van der Waals surface area (Å²) in [6.07, 6.45) is 3.72. The van der Waals surface area contributed by atoms with Crippen molar-refractivity contribution in [1.82, 2.24) is 4.98 Å². The highest BCUT2D eigenvalue weighted by Gasteiger charge is 2.03. The molecule has 0 saturated heterocycles. The van der Waals surface area contributed by atoms with Crippen LogP contribution in [0.25, 0.3) is 11.1 Å². The van der Waals surface area contributed by atoms with Crippen LogP contribution in [0.4, 0.5) is 0 Å². The van der Waals surface area contributed by atoms with Crippen molar-refractivity contribution in [2.45, 2.75) is 26.5 Å². The predicted molar refractivity (Wildman–Crippen MR) is 73.3 cm³/mol. The second-order valence-electron chi connectivity index (χ2n) is 4.48. The van der Waals surface area contributed by atoms with Gasteiger partial charge in [-0.05, 0) is 37.1 Å². The van der Waals surface area contributed by atoms with Gasteiger partial charge in [0.2, 0.25) is 0 Å². The lowest BCUT2D eigenvalue weighted by Crippen LogP contribution is -2.05. The lowest BCUT2D eigenvalue weighted by Gasteiger charge is -2.10. The summed E-state index contributed by atoms with van der Waals surface area (Å²) < 4.78 is 5.65. The Hall–Kier alpha value is -1.87. The van der Waals surface area contributed by atoms with E-state index in [2.05, 4.69) is 17.1 Å². The van der Waals surface area contributed by atoms with Crippen LogP contribution in [0.5, 0.6) is 5.75 Å². The number of ether oxygens (including phenoxy) is 1. The monoisotopic (exact) mass is 242 g/mol. The Morgan fingerprint density at radius 3 is 2.72 bits per heavy atom. The first-order chi connectivity index (χ1) is 8.69. The van der Waals surface area contributed by atoms with E-state index < -0.39 is 0 Å². The third-order valence-corrected chi connectivity index (χ3v) is 2.58. The highest BCUT2D eigenvalue weighted by Crippen LogP contribution is 2.23. The highest BCUT2D eigenvalue weighted by molar-refractivity contribution is 5.64. The molecular formula is C15H18N2O. The molecule has 0 unspecified atom stereocenters. The van der Waals surface area contributed by atoms with Crippen molar-refractivity contribution in [3.63, 3.8) is 0 Å². The SMILES string of the molecule is CC(C)Oc1cncc(-c2cccc(CN)c2)c1. The van der Waals surface area contributed by atoms with Gasteiger partial charge in [0, 0.05) is 18.3 Å². The van der Waals surface area contributed by atoms with Crippen molar-refractivity contribution in [2.24, 2.45) is 5.73 Å². The van der Waals surface area contributed by atoms with Gasteiger partial charge in [0.15, 0.2) is 0 Å². The van der Waals surface area contributed by atoms with Gasteiger partial charge in [-0.1, -0.05) is 18.2 Å². The van der Waals surface area contributed by atoms with E-state index in [0.29, 0.717) is 6.54 Å². The Balaban J connectivity index is 2.32. The van der Waals surface area contributed by atoms with Gasteiger partial charge < -0.3 is 10.5 Å². The van der Waals surface area contributed by atoms with Crippen LogP contribution in [0, 0.1) is 0 Å². The van der Waals surface area contributed by atoms with Crippen LogP contribution >= 0.6 is 0 Å². The lowest BCUT2D eigenvalue weighted by molar-refractivity contribution is 0.241. The summed E-state index contributed by atoms with van der Waals surface area (Å²) >= 11 is 0. The molecule has 1 aromatic carbocycles. The molecule has 0 amide bonds. The van der Waals surface area contributed by atoms with Crippen molar-refractivity contribution >= 4 is 0 Å². The largest absolute Gasteiger partial charge is 0.489 e. The molecule has 0 radical (unpaired) electrons.